The van der Waals surface area contributed by atoms with Crippen LogP contribution in [0.4, 0.5) is 0 Å². The van der Waals surface area contributed by atoms with Crippen molar-refractivity contribution in [2.24, 2.45) is 7.05 Å². The number of aromatic nitrogens is 2. The summed E-state index contributed by atoms with van der Waals surface area (Å²) in [5, 5.41) is 8.16. The predicted molar refractivity (Wildman–Crippen MR) is 119 cm³/mol. The molecule has 0 aliphatic carbocycles. The zero-order chi connectivity index (χ0) is 22.4. The first-order chi connectivity index (χ1) is 14.9. The van der Waals surface area contributed by atoms with Gasteiger partial charge in [-0.15, -0.1) is 0 Å². The van der Waals surface area contributed by atoms with Gasteiger partial charge in [-0.05, 0) is 25.0 Å². The number of benzene rings is 2. The first kappa shape index (κ1) is 22.2. The Labute approximate surface area is 181 Å². The average Bonchev–Trinajstić information content (AvgIpc) is 2.78. The van der Waals surface area contributed by atoms with Crippen molar-refractivity contribution in [3.8, 4) is 0 Å². The molecule has 1 aromatic heterocycles. The topological polar surface area (TPSA) is 90.3 Å². The molecule has 0 saturated heterocycles. The summed E-state index contributed by atoms with van der Waals surface area (Å²) in [4.78, 5) is 37.1. The Morgan fingerprint density at radius 1 is 1.06 bits per heavy atom. The number of fused-ring (bicyclic) bond motifs is 1. The number of rotatable bonds is 8. The van der Waals surface area contributed by atoms with E-state index in [4.69, 9.17) is 4.74 Å². The van der Waals surface area contributed by atoms with Crippen LogP contribution in [-0.2, 0) is 27.8 Å². The van der Waals surface area contributed by atoms with Gasteiger partial charge in [0.05, 0.1) is 17.5 Å². The van der Waals surface area contributed by atoms with Gasteiger partial charge in [-0.25, -0.2) is 4.68 Å². The Morgan fingerprint density at radius 2 is 1.71 bits per heavy atom. The Balaban J connectivity index is 1.61. The van der Waals surface area contributed by atoms with Crippen LogP contribution < -0.4 is 10.9 Å². The highest BCUT2D eigenvalue weighted by Crippen LogP contribution is 2.18. The van der Waals surface area contributed by atoms with E-state index < -0.39 is 12.1 Å². The highest BCUT2D eigenvalue weighted by molar-refractivity contribution is 5.88. The maximum absolute atomic E-state index is 12.5. The number of carbonyl (C=O) groups excluding carboxylic acids is 2. The van der Waals surface area contributed by atoms with Crippen molar-refractivity contribution in [1.82, 2.24) is 15.1 Å². The van der Waals surface area contributed by atoms with Crippen molar-refractivity contribution in [2.45, 2.75) is 38.7 Å². The minimum absolute atomic E-state index is 0.131. The van der Waals surface area contributed by atoms with E-state index in [1.807, 2.05) is 30.3 Å². The van der Waals surface area contributed by atoms with Crippen LogP contribution in [0.1, 0.15) is 37.4 Å². The van der Waals surface area contributed by atoms with Crippen LogP contribution in [0.25, 0.3) is 10.8 Å². The van der Waals surface area contributed by atoms with Gasteiger partial charge < -0.3 is 10.1 Å². The molecule has 2 aromatic carbocycles. The van der Waals surface area contributed by atoms with Gasteiger partial charge in [-0.2, -0.15) is 5.10 Å². The molecule has 0 fully saturated rings. The third kappa shape index (κ3) is 5.36. The van der Waals surface area contributed by atoms with Crippen LogP contribution in [0.15, 0.2) is 59.4 Å². The van der Waals surface area contributed by atoms with E-state index in [2.05, 4.69) is 17.3 Å². The second kappa shape index (κ2) is 10.0. The molecule has 0 aliphatic heterocycles. The molecule has 1 amide bonds. The highest BCUT2D eigenvalue weighted by atomic mass is 16.5. The Hall–Kier alpha value is -3.48. The van der Waals surface area contributed by atoms with Gasteiger partial charge in [0, 0.05) is 24.9 Å². The highest BCUT2D eigenvalue weighted by Gasteiger charge is 2.21. The van der Waals surface area contributed by atoms with E-state index in [1.54, 1.807) is 31.2 Å². The molecule has 0 unspecified atom stereocenters. The lowest BCUT2D eigenvalue weighted by atomic mass is 9.96. The maximum atomic E-state index is 12.5. The molecule has 0 bridgehead atoms. The summed E-state index contributed by atoms with van der Waals surface area (Å²) in [5.74, 6) is -0.732. The molecule has 0 radical (unpaired) electrons. The van der Waals surface area contributed by atoms with E-state index in [0.29, 0.717) is 23.0 Å². The smallest absolute Gasteiger partial charge is 0.312 e. The first-order valence-corrected chi connectivity index (χ1v) is 10.4. The molecule has 1 N–H and O–H groups in total. The fourth-order valence-electron chi connectivity index (χ4n) is 3.53. The molecule has 2 atom stereocenters. The number of nitrogens with zero attached hydrogens (tertiary/aromatic N) is 2. The van der Waals surface area contributed by atoms with E-state index in [9.17, 15) is 14.4 Å². The third-order valence-electron chi connectivity index (χ3n) is 5.31. The van der Waals surface area contributed by atoms with E-state index in [0.717, 1.165) is 12.0 Å². The Kier molecular flexibility index (Phi) is 7.18. The molecule has 31 heavy (non-hydrogen) atoms. The molecule has 0 aliphatic rings. The molecule has 3 aromatic rings. The second-order valence-electron chi connectivity index (χ2n) is 7.49. The molecular weight excluding hydrogens is 394 g/mol. The second-order valence-corrected chi connectivity index (χ2v) is 7.49. The fourth-order valence-corrected chi connectivity index (χ4v) is 3.53. The van der Waals surface area contributed by atoms with Gasteiger partial charge in [-0.3, -0.25) is 14.4 Å². The van der Waals surface area contributed by atoms with E-state index >= 15 is 0 Å². The van der Waals surface area contributed by atoms with Crippen LogP contribution in [0.2, 0.25) is 0 Å². The average molecular weight is 421 g/mol. The number of carbonyl (C=O) groups is 2. The van der Waals surface area contributed by atoms with Gasteiger partial charge in [0.25, 0.3) is 11.5 Å². The zero-order valence-electron chi connectivity index (χ0n) is 18.0. The number of aryl methyl sites for hydroxylation is 1. The SMILES string of the molecule is CC[C@@H](CNC(=O)[C@H](C)OC(=O)Cc1nn(C)c(=O)c2ccccc12)c1ccccc1. The van der Waals surface area contributed by atoms with Gasteiger partial charge >= 0.3 is 5.97 Å². The van der Waals surface area contributed by atoms with Crippen molar-refractivity contribution >= 4 is 22.6 Å². The molecule has 0 spiro atoms. The standard InChI is InChI=1S/C24H27N3O4/c1-4-17(18-10-6-5-7-11-18)15-25-23(29)16(2)31-22(28)14-21-19-12-8-9-13-20(19)24(30)27(3)26-21/h5-13,16-17H,4,14-15H2,1-3H3,(H,25,29)/t16-,17-/m0/s1. The fraction of sp³-hybridized carbons (Fsp3) is 0.333. The molecule has 1 heterocycles. The van der Waals surface area contributed by atoms with Crippen molar-refractivity contribution in [3.63, 3.8) is 0 Å². The Bertz CT molecular complexity index is 1120. The number of amides is 1. The van der Waals surface area contributed by atoms with Crippen molar-refractivity contribution in [2.75, 3.05) is 6.54 Å². The van der Waals surface area contributed by atoms with Gasteiger partial charge in [0.15, 0.2) is 6.10 Å². The minimum Gasteiger partial charge on any atom is -0.452 e. The normalized spacial score (nSPS) is 12.9. The van der Waals surface area contributed by atoms with Crippen LogP contribution in [0.5, 0.6) is 0 Å². The zero-order valence-corrected chi connectivity index (χ0v) is 18.0. The summed E-state index contributed by atoms with van der Waals surface area (Å²) in [6.07, 6.45) is -0.183. The molecule has 7 nitrogen and oxygen atoms in total. The van der Waals surface area contributed by atoms with Gasteiger partial charge in [0.1, 0.15) is 0 Å². The lowest BCUT2D eigenvalue weighted by molar-refractivity contribution is -0.154. The number of hydrogen-bond acceptors (Lipinski definition) is 5. The molecule has 162 valence electrons. The van der Waals surface area contributed by atoms with E-state index in [-0.39, 0.29) is 23.8 Å². The van der Waals surface area contributed by atoms with Crippen molar-refractivity contribution in [1.29, 1.82) is 0 Å². The number of esters is 1. The van der Waals surface area contributed by atoms with Crippen LogP contribution in [0.3, 0.4) is 0 Å². The molecule has 0 saturated carbocycles. The first-order valence-electron chi connectivity index (χ1n) is 10.4. The largest absolute Gasteiger partial charge is 0.452 e. The van der Waals surface area contributed by atoms with Crippen molar-refractivity contribution < 1.29 is 14.3 Å². The molecular formula is C24H27N3O4. The summed E-state index contributed by atoms with van der Waals surface area (Å²) in [5.41, 5.74) is 1.36. The maximum Gasteiger partial charge on any atom is 0.312 e. The summed E-state index contributed by atoms with van der Waals surface area (Å²) in [6.45, 7) is 4.08. The number of ether oxygens (including phenoxy) is 1. The van der Waals surface area contributed by atoms with Crippen LogP contribution >= 0.6 is 0 Å². The number of hydrogen-bond donors (Lipinski definition) is 1. The van der Waals surface area contributed by atoms with Gasteiger partial charge in [0.2, 0.25) is 0 Å². The van der Waals surface area contributed by atoms with Gasteiger partial charge in [-0.1, -0.05) is 55.5 Å². The summed E-state index contributed by atoms with van der Waals surface area (Å²) >= 11 is 0. The molecule has 7 heteroatoms. The predicted octanol–water partition coefficient (Wildman–Crippen LogP) is 2.72. The quantitative estimate of drug-likeness (QED) is 0.565. The Morgan fingerprint density at radius 3 is 2.39 bits per heavy atom. The van der Waals surface area contributed by atoms with Crippen LogP contribution in [-0.4, -0.2) is 34.3 Å². The summed E-state index contributed by atoms with van der Waals surface area (Å²) in [6, 6.07) is 17.0. The minimum atomic E-state index is -0.931. The monoisotopic (exact) mass is 421 g/mol. The van der Waals surface area contributed by atoms with Crippen LogP contribution in [0, 0.1) is 0 Å². The molecule has 3 rings (SSSR count). The lowest BCUT2D eigenvalue weighted by Gasteiger charge is -2.18. The summed E-state index contributed by atoms with van der Waals surface area (Å²) < 4.78 is 6.53. The summed E-state index contributed by atoms with van der Waals surface area (Å²) in [7, 11) is 1.54. The lowest BCUT2D eigenvalue weighted by Crippen LogP contribution is -2.38. The third-order valence-corrected chi connectivity index (χ3v) is 5.31. The van der Waals surface area contributed by atoms with E-state index in [1.165, 1.54) is 11.7 Å². The number of nitrogens with one attached hydrogen (secondary N) is 1. The van der Waals surface area contributed by atoms with Crippen molar-refractivity contribution in [3.05, 3.63) is 76.2 Å².